The first kappa shape index (κ1) is 14.0. The Balaban J connectivity index is 1.96. The molecule has 2 atom stereocenters. The van der Waals surface area contributed by atoms with Gasteiger partial charge in [-0.25, -0.2) is 0 Å². The first-order valence-corrected chi connectivity index (χ1v) is 6.80. The predicted octanol–water partition coefficient (Wildman–Crippen LogP) is 1.04. The Hall–Kier alpha value is -1.39. The normalized spacial score (nSPS) is 20.3. The van der Waals surface area contributed by atoms with E-state index >= 15 is 0 Å². The van der Waals surface area contributed by atoms with Gasteiger partial charge in [0.2, 0.25) is 0 Å². The number of amides is 1. The Morgan fingerprint density at radius 3 is 2.63 bits per heavy atom. The van der Waals surface area contributed by atoms with E-state index in [0.29, 0.717) is 12.0 Å². The standard InChI is InChI=1S/C15H22N2O2/c1-17(2)15(19)12-7-5-11(6-8-12)10-14(18)13-4-3-9-16-13/h5-8,13-14,16,18H,3-4,9-10H2,1-2H3/t13-,14+/m0/s1. The molecule has 1 saturated heterocycles. The van der Waals surface area contributed by atoms with Crippen LogP contribution >= 0.6 is 0 Å². The van der Waals surface area contributed by atoms with Gasteiger partial charge < -0.3 is 15.3 Å². The quantitative estimate of drug-likeness (QED) is 0.852. The van der Waals surface area contributed by atoms with Crippen LogP contribution in [0.4, 0.5) is 0 Å². The lowest BCUT2D eigenvalue weighted by Gasteiger charge is -2.18. The minimum atomic E-state index is -0.349. The fourth-order valence-electron chi connectivity index (χ4n) is 2.47. The Kier molecular flexibility index (Phi) is 4.56. The topological polar surface area (TPSA) is 52.6 Å². The largest absolute Gasteiger partial charge is 0.391 e. The summed E-state index contributed by atoms with van der Waals surface area (Å²) in [5, 5.41) is 13.4. The summed E-state index contributed by atoms with van der Waals surface area (Å²) in [6.07, 6.45) is 2.46. The maximum absolute atomic E-state index is 11.8. The highest BCUT2D eigenvalue weighted by molar-refractivity contribution is 5.93. The maximum Gasteiger partial charge on any atom is 0.253 e. The van der Waals surface area contributed by atoms with Crippen molar-refractivity contribution >= 4 is 5.91 Å². The first-order valence-electron chi connectivity index (χ1n) is 6.80. The van der Waals surface area contributed by atoms with E-state index < -0.39 is 0 Å². The van der Waals surface area contributed by atoms with Crippen molar-refractivity contribution in [3.05, 3.63) is 35.4 Å². The third-order valence-electron chi connectivity index (χ3n) is 3.61. The van der Waals surface area contributed by atoms with Gasteiger partial charge in [-0.1, -0.05) is 12.1 Å². The zero-order valence-electron chi connectivity index (χ0n) is 11.6. The SMILES string of the molecule is CN(C)C(=O)c1ccc(C[C@@H](O)[C@@H]2CCCN2)cc1. The molecule has 2 N–H and O–H groups in total. The van der Waals surface area contributed by atoms with Crippen molar-refractivity contribution in [1.29, 1.82) is 0 Å². The zero-order valence-corrected chi connectivity index (χ0v) is 11.6. The number of nitrogens with zero attached hydrogens (tertiary/aromatic N) is 1. The molecule has 1 aromatic rings. The van der Waals surface area contributed by atoms with Crippen molar-refractivity contribution in [1.82, 2.24) is 10.2 Å². The van der Waals surface area contributed by atoms with Gasteiger partial charge in [-0.15, -0.1) is 0 Å². The molecule has 2 rings (SSSR count). The van der Waals surface area contributed by atoms with Gasteiger partial charge >= 0.3 is 0 Å². The van der Waals surface area contributed by atoms with Crippen LogP contribution in [0.2, 0.25) is 0 Å². The van der Waals surface area contributed by atoms with Gasteiger partial charge in [0.05, 0.1) is 6.10 Å². The van der Waals surface area contributed by atoms with Gasteiger partial charge in [0.15, 0.2) is 0 Å². The van der Waals surface area contributed by atoms with Crippen LogP contribution in [0.1, 0.15) is 28.8 Å². The fourth-order valence-corrected chi connectivity index (χ4v) is 2.47. The molecule has 1 amide bonds. The highest BCUT2D eigenvalue weighted by Crippen LogP contribution is 2.14. The number of nitrogens with one attached hydrogen (secondary N) is 1. The van der Waals surface area contributed by atoms with E-state index in [1.165, 1.54) is 0 Å². The molecular formula is C15H22N2O2. The minimum Gasteiger partial charge on any atom is -0.391 e. The summed E-state index contributed by atoms with van der Waals surface area (Å²) in [5.41, 5.74) is 1.75. The van der Waals surface area contributed by atoms with E-state index in [9.17, 15) is 9.90 Å². The van der Waals surface area contributed by atoms with Crippen molar-refractivity contribution in [2.24, 2.45) is 0 Å². The van der Waals surface area contributed by atoms with E-state index in [2.05, 4.69) is 5.32 Å². The number of aliphatic hydroxyl groups is 1. The number of benzene rings is 1. The van der Waals surface area contributed by atoms with Crippen LogP contribution in [0.3, 0.4) is 0 Å². The van der Waals surface area contributed by atoms with Crippen LogP contribution in [0.25, 0.3) is 0 Å². The van der Waals surface area contributed by atoms with Crippen molar-refractivity contribution in [2.45, 2.75) is 31.4 Å². The zero-order chi connectivity index (χ0) is 13.8. The summed E-state index contributed by atoms with van der Waals surface area (Å²) in [7, 11) is 3.48. The molecule has 1 aliphatic heterocycles. The molecule has 0 spiro atoms. The molecule has 0 bridgehead atoms. The molecule has 104 valence electrons. The summed E-state index contributed by atoms with van der Waals surface area (Å²) in [4.78, 5) is 13.3. The van der Waals surface area contributed by atoms with Gasteiger partial charge in [0.1, 0.15) is 0 Å². The monoisotopic (exact) mass is 262 g/mol. The molecule has 0 radical (unpaired) electrons. The third kappa shape index (κ3) is 3.55. The highest BCUT2D eigenvalue weighted by Gasteiger charge is 2.22. The summed E-state index contributed by atoms with van der Waals surface area (Å²) in [6, 6.07) is 7.71. The van der Waals surface area contributed by atoms with Crippen molar-refractivity contribution in [3.8, 4) is 0 Å². The number of aliphatic hydroxyl groups excluding tert-OH is 1. The molecule has 0 unspecified atom stereocenters. The molecule has 0 aromatic heterocycles. The number of carbonyl (C=O) groups excluding carboxylic acids is 1. The molecule has 4 heteroatoms. The van der Waals surface area contributed by atoms with Gasteiger partial charge in [0, 0.05) is 25.7 Å². The fraction of sp³-hybridized carbons (Fsp3) is 0.533. The molecule has 0 aliphatic carbocycles. The molecule has 1 fully saturated rings. The molecular weight excluding hydrogens is 240 g/mol. The van der Waals surface area contributed by atoms with Gasteiger partial charge in [-0.2, -0.15) is 0 Å². The summed E-state index contributed by atoms with van der Waals surface area (Å²) in [6.45, 7) is 0.998. The average Bonchev–Trinajstić information content (AvgIpc) is 2.92. The van der Waals surface area contributed by atoms with Crippen LogP contribution in [-0.4, -0.2) is 48.7 Å². The molecule has 4 nitrogen and oxygen atoms in total. The predicted molar refractivity (Wildman–Crippen MR) is 75.2 cm³/mol. The van der Waals surface area contributed by atoms with Crippen LogP contribution < -0.4 is 5.32 Å². The van der Waals surface area contributed by atoms with Gasteiger partial charge in [-0.3, -0.25) is 4.79 Å². The lowest BCUT2D eigenvalue weighted by atomic mass is 10.00. The number of hydrogen-bond acceptors (Lipinski definition) is 3. The van der Waals surface area contributed by atoms with Crippen LogP contribution in [0.15, 0.2) is 24.3 Å². The molecule has 1 heterocycles. The molecule has 0 saturated carbocycles. The molecule has 1 aromatic carbocycles. The second kappa shape index (κ2) is 6.17. The van der Waals surface area contributed by atoms with Gasteiger partial charge in [0.25, 0.3) is 5.91 Å². The highest BCUT2D eigenvalue weighted by atomic mass is 16.3. The summed E-state index contributed by atoms with van der Waals surface area (Å²) < 4.78 is 0. The van der Waals surface area contributed by atoms with Crippen molar-refractivity contribution in [2.75, 3.05) is 20.6 Å². The Morgan fingerprint density at radius 1 is 1.42 bits per heavy atom. The second-order valence-electron chi connectivity index (χ2n) is 5.37. The number of hydrogen-bond donors (Lipinski definition) is 2. The smallest absolute Gasteiger partial charge is 0.253 e. The van der Waals surface area contributed by atoms with Crippen molar-refractivity contribution < 1.29 is 9.90 Å². The second-order valence-corrected chi connectivity index (χ2v) is 5.37. The lowest BCUT2D eigenvalue weighted by Crippen LogP contribution is -2.36. The minimum absolute atomic E-state index is 0.00422. The van der Waals surface area contributed by atoms with Gasteiger partial charge in [-0.05, 0) is 43.5 Å². The van der Waals surface area contributed by atoms with Crippen LogP contribution in [0, 0.1) is 0 Å². The van der Waals surface area contributed by atoms with E-state index in [-0.39, 0.29) is 18.1 Å². The summed E-state index contributed by atoms with van der Waals surface area (Å²) >= 11 is 0. The molecule has 19 heavy (non-hydrogen) atoms. The molecule has 1 aliphatic rings. The summed E-state index contributed by atoms with van der Waals surface area (Å²) in [5.74, 6) is 0.00422. The van der Waals surface area contributed by atoms with Crippen molar-refractivity contribution in [3.63, 3.8) is 0 Å². The third-order valence-corrected chi connectivity index (χ3v) is 3.61. The van der Waals surface area contributed by atoms with E-state index in [4.69, 9.17) is 0 Å². The Bertz CT molecular complexity index is 422. The maximum atomic E-state index is 11.8. The number of carbonyl (C=O) groups is 1. The number of rotatable bonds is 4. The van der Waals surface area contributed by atoms with E-state index in [1.807, 2.05) is 24.3 Å². The first-order chi connectivity index (χ1) is 9.08. The Labute approximate surface area is 114 Å². The van der Waals surface area contributed by atoms with E-state index in [0.717, 1.165) is 24.9 Å². The lowest BCUT2D eigenvalue weighted by molar-refractivity contribution is 0.0827. The van der Waals surface area contributed by atoms with E-state index in [1.54, 1.807) is 19.0 Å². The van der Waals surface area contributed by atoms with Crippen LogP contribution in [-0.2, 0) is 6.42 Å². The Morgan fingerprint density at radius 2 is 2.11 bits per heavy atom. The average molecular weight is 262 g/mol. The van der Waals surface area contributed by atoms with Crippen LogP contribution in [0.5, 0.6) is 0 Å².